The van der Waals surface area contributed by atoms with E-state index in [9.17, 15) is 4.79 Å². The van der Waals surface area contributed by atoms with Crippen molar-refractivity contribution in [3.05, 3.63) is 77.5 Å². The average molecular weight is 407 g/mol. The van der Waals surface area contributed by atoms with Crippen LogP contribution in [0.3, 0.4) is 0 Å². The van der Waals surface area contributed by atoms with E-state index in [-0.39, 0.29) is 5.91 Å². The molecular weight excluding hydrogens is 384 g/mol. The molecule has 1 N–H and O–H groups in total. The smallest absolute Gasteiger partial charge is 0.248 e. The number of anilines is 2. The van der Waals surface area contributed by atoms with Crippen molar-refractivity contribution >= 4 is 35.0 Å². The van der Waals surface area contributed by atoms with Crippen LogP contribution < -0.4 is 10.2 Å². The molecule has 0 bridgehead atoms. The van der Waals surface area contributed by atoms with E-state index in [0.29, 0.717) is 10.8 Å². The van der Waals surface area contributed by atoms with E-state index >= 15 is 0 Å². The van der Waals surface area contributed by atoms with Gasteiger partial charge in [-0.05, 0) is 49.6 Å². The van der Waals surface area contributed by atoms with E-state index in [1.807, 2.05) is 60.7 Å². The van der Waals surface area contributed by atoms with Crippen LogP contribution in [0.4, 0.5) is 11.4 Å². The fourth-order valence-corrected chi connectivity index (χ4v) is 3.88. The summed E-state index contributed by atoms with van der Waals surface area (Å²) in [5.74, 6) is 1.18. The predicted octanol–water partition coefficient (Wildman–Crippen LogP) is 6.24. The Bertz CT molecular complexity index is 1000. The molecule has 1 aromatic heterocycles. The minimum atomic E-state index is -0.219. The summed E-state index contributed by atoms with van der Waals surface area (Å²) in [5.41, 5.74) is 2.64. The Morgan fingerprint density at radius 2 is 1.76 bits per heavy atom. The fraction of sp³-hybridized carbons (Fsp3) is 0.208. The number of halogens is 1. The normalized spacial score (nSPS) is 14.3. The minimum Gasteiger partial charge on any atom is -0.457 e. The molecule has 3 aromatic rings. The molecule has 0 unspecified atom stereocenters. The summed E-state index contributed by atoms with van der Waals surface area (Å²) in [6.45, 7) is 1.91. The number of carbonyl (C=O) groups excluding carboxylic acids is 1. The van der Waals surface area contributed by atoms with Gasteiger partial charge in [-0.2, -0.15) is 0 Å². The zero-order valence-electron chi connectivity index (χ0n) is 16.1. The molecule has 29 heavy (non-hydrogen) atoms. The number of nitrogens with one attached hydrogen (secondary N) is 1. The number of para-hydroxylation sites is 1. The Hall–Kier alpha value is -2.98. The molecule has 4 rings (SSSR count). The van der Waals surface area contributed by atoms with Crippen molar-refractivity contribution in [1.82, 2.24) is 0 Å². The first-order valence-electron chi connectivity index (χ1n) is 9.88. The molecule has 2 aromatic carbocycles. The molecule has 2 heterocycles. The summed E-state index contributed by atoms with van der Waals surface area (Å²) < 4.78 is 5.81. The van der Waals surface area contributed by atoms with E-state index in [0.717, 1.165) is 48.6 Å². The number of benzene rings is 2. The van der Waals surface area contributed by atoms with Crippen molar-refractivity contribution in [3.8, 4) is 11.3 Å². The lowest BCUT2D eigenvalue weighted by Crippen LogP contribution is -2.30. The average Bonchev–Trinajstić information content (AvgIpc) is 3.23. The van der Waals surface area contributed by atoms with Gasteiger partial charge in [-0.3, -0.25) is 4.79 Å². The third kappa shape index (κ3) is 4.72. The molecule has 0 atom stereocenters. The van der Waals surface area contributed by atoms with Crippen LogP contribution in [0.25, 0.3) is 17.4 Å². The van der Waals surface area contributed by atoms with Crippen LogP contribution in [0.1, 0.15) is 25.0 Å². The maximum absolute atomic E-state index is 12.5. The molecule has 1 aliphatic heterocycles. The van der Waals surface area contributed by atoms with Gasteiger partial charge in [0, 0.05) is 24.7 Å². The van der Waals surface area contributed by atoms with Gasteiger partial charge in [-0.25, -0.2) is 0 Å². The van der Waals surface area contributed by atoms with Crippen molar-refractivity contribution in [3.63, 3.8) is 0 Å². The Morgan fingerprint density at radius 1 is 0.966 bits per heavy atom. The monoisotopic (exact) mass is 406 g/mol. The number of nitrogens with zero attached hydrogens (tertiary/aromatic N) is 1. The van der Waals surface area contributed by atoms with Crippen LogP contribution >= 0.6 is 11.6 Å². The van der Waals surface area contributed by atoms with E-state index < -0.39 is 0 Å². The molecule has 4 nitrogen and oxygen atoms in total. The molecule has 1 amide bonds. The lowest BCUT2D eigenvalue weighted by molar-refractivity contribution is -0.111. The minimum absolute atomic E-state index is 0.219. The van der Waals surface area contributed by atoms with Crippen LogP contribution in [0.5, 0.6) is 0 Å². The first kappa shape index (κ1) is 19.3. The van der Waals surface area contributed by atoms with E-state index in [4.69, 9.17) is 16.0 Å². The van der Waals surface area contributed by atoms with Crippen LogP contribution in [0.15, 0.2) is 71.2 Å². The van der Waals surface area contributed by atoms with Gasteiger partial charge in [0.25, 0.3) is 0 Å². The highest BCUT2D eigenvalue weighted by molar-refractivity contribution is 6.34. The predicted molar refractivity (Wildman–Crippen MR) is 119 cm³/mol. The topological polar surface area (TPSA) is 45.5 Å². The molecular formula is C24H23ClN2O2. The van der Waals surface area contributed by atoms with Crippen LogP contribution in [-0.4, -0.2) is 19.0 Å². The highest BCUT2D eigenvalue weighted by Gasteiger charge is 2.18. The molecule has 1 fully saturated rings. The molecule has 0 saturated carbocycles. The van der Waals surface area contributed by atoms with Crippen molar-refractivity contribution in [2.45, 2.75) is 19.3 Å². The highest BCUT2D eigenvalue weighted by atomic mass is 35.5. The summed E-state index contributed by atoms with van der Waals surface area (Å²) in [4.78, 5) is 14.8. The van der Waals surface area contributed by atoms with Crippen molar-refractivity contribution < 1.29 is 9.21 Å². The molecule has 0 radical (unpaired) electrons. The van der Waals surface area contributed by atoms with Gasteiger partial charge in [-0.15, -0.1) is 0 Å². The highest BCUT2D eigenvalue weighted by Crippen LogP contribution is 2.35. The Morgan fingerprint density at radius 3 is 2.55 bits per heavy atom. The van der Waals surface area contributed by atoms with Gasteiger partial charge in [0.1, 0.15) is 11.5 Å². The fourth-order valence-electron chi connectivity index (χ4n) is 3.59. The van der Waals surface area contributed by atoms with Crippen LogP contribution in [0, 0.1) is 0 Å². The molecule has 148 valence electrons. The van der Waals surface area contributed by atoms with E-state index in [1.54, 1.807) is 6.08 Å². The lowest BCUT2D eigenvalue weighted by atomic mass is 10.1. The van der Waals surface area contributed by atoms with Gasteiger partial charge in [-0.1, -0.05) is 48.0 Å². The molecule has 0 aliphatic carbocycles. The first-order valence-corrected chi connectivity index (χ1v) is 10.3. The largest absolute Gasteiger partial charge is 0.457 e. The second-order valence-corrected chi connectivity index (χ2v) is 7.48. The number of rotatable bonds is 5. The van der Waals surface area contributed by atoms with Crippen molar-refractivity contribution in [2.75, 3.05) is 23.3 Å². The zero-order chi connectivity index (χ0) is 20.1. The first-order chi connectivity index (χ1) is 14.2. The maximum Gasteiger partial charge on any atom is 0.248 e. The Kier molecular flexibility index (Phi) is 6.01. The number of amides is 1. The van der Waals surface area contributed by atoms with Gasteiger partial charge in [0.05, 0.1) is 16.4 Å². The summed E-state index contributed by atoms with van der Waals surface area (Å²) in [6.07, 6.45) is 6.67. The van der Waals surface area contributed by atoms with Gasteiger partial charge < -0.3 is 14.6 Å². The summed E-state index contributed by atoms with van der Waals surface area (Å²) in [6, 6.07) is 19.2. The lowest BCUT2D eigenvalue weighted by Gasteiger charge is -2.31. The quantitative estimate of drug-likeness (QED) is 0.510. The Balaban J connectivity index is 1.46. The third-order valence-corrected chi connectivity index (χ3v) is 5.31. The summed E-state index contributed by atoms with van der Waals surface area (Å²) in [5, 5.41) is 3.62. The van der Waals surface area contributed by atoms with Gasteiger partial charge in [0.2, 0.25) is 5.91 Å². The van der Waals surface area contributed by atoms with Crippen LogP contribution in [0.2, 0.25) is 5.02 Å². The van der Waals surface area contributed by atoms with Gasteiger partial charge in [0.15, 0.2) is 0 Å². The van der Waals surface area contributed by atoms with Crippen LogP contribution in [-0.2, 0) is 4.79 Å². The number of piperidine rings is 1. The zero-order valence-corrected chi connectivity index (χ0v) is 16.9. The number of furan rings is 1. The van der Waals surface area contributed by atoms with E-state index in [2.05, 4.69) is 10.2 Å². The van der Waals surface area contributed by atoms with Crippen molar-refractivity contribution in [1.29, 1.82) is 0 Å². The number of hydrogen-bond donors (Lipinski definition) is 1. The molecule has 1 aliphatic rings. The molecule has 5 heteroatoms. The standard InChI is InChI=1S/C24H23ClN2O2/c25-20-10-7-11-21(24(20)27-16-5-2-6-17-27)26-23(28)15-13-19-12-14-22(29-19)18-8-3-1-4-9-18/h1,3-4,7-15H,2,5-6,16-17H2,(H,26,28)/b15-13+. The van der Waals surface area contributed by atoms with Crippen molar-refractivity contribution in [2.24, 2.45) is 0 Å². The second-order valence-electron chi connectivity index (χ2n) is 7.07. The summed E-state index contributed by atoms with van der Waals surface area (Å²) in [7, 11) is 0. The summed E-state index contributed by atoms with van der Waals surface area (Å²) >= 11 is 6.45. The maximum atomic E-state index is 12.5. The third-order valence-electron chi connectivity index (χ3n) is 5.00. The number of carbonyl (C=O) groups is 1. The molecule has 0 spiro atoms. The number of hydrogen-bond acceptors (Lipinski definition) is 3. The molecule has 1 saturated heterocycles. The SMILES string of the molecule is O=C(/C=C/c1ccc(-c2ccccc2)o1)Nc1cccc(Cl)c1N1CCCCC1. The van der Waals surface area contributed by atoms with Gasteiger partial charge >= 0.3 is 0 Å². The second kappa shape index (κ2) is 9.01. The van der Waals surface area contributed by atoms with E-state index in [1.165, 1.54) is 12.5 Å². The Labute approximate surface area is 175 Å².